The summed E-state index contributed by atoms with van der Waals surface area (Å²) in [7, 11) is 0. The van der Waals surface area contributed by atoms with E-state index in [1.807, 2.05) is 0 Å². The molecule has 2 aromatic rings. The normalized spacial score (nSPS) is 19.3. The molecule has 106 valence electrons. The maximum atomic E-state index is 5.78. The standard InChI is InChI=1S/C18H24N2/c1-14(20-10-8-15(13-19)9-11-20)17-7-6-16-4-2-3-5-18(16)12-17/h2-7,12,14-15H,8-11,13,19H2,1H3. The van der Waals surface area contributed by atoms with Crippen LogP contribution in [0, 0.1) is 5.92 Å². The summed E-state index contributed by atoms with van der Waals surface area (Å²) in [5.41, 5.74) is 7.21. The lowest BCUT2D eigenvalue weighted by atomic mass is 9.94. The molecule has 0 bridgehead atoms. The molecule has 1 aliphatic rings. The van der Waals surface area contributed by atoms with Crippen molar-refractivity contribution in [1.82, 2.24) is 4.90 Å². The van der Waals surface area contributed by atoms with Crippen molar-refractivity contribution in [3.63, 3.8) is 0 Å². The molecule has 2 nitrogen and oxygen atoms in total. The van der Waals surface area contributed by atoms with Gasteiger partial charge in [-0.2, -0.15) is 0 Å². The third kappa shape index (κ3) is 2.72. The van der Waals surface area contributed by atoms with Crippen molar-refractivity contribution >= 4 is 10.8 Å². The van der Waals surface area contributed by atoms with E-state index in [-0.39, 0.29) is 0 Å². The lowest BCUT2D eigenvalue weighted by Crippen LogP contribution is -2.37. The zero-order chi connectivity index (χ0) is 13.9. The van der Waals surface area contributed by atoms with E-state index in [9.17, 15) is 0 Å². The van der Waals surface area contributed by atoms with Crippen molar-refractivity contribution in [1.29, 1.82) is 0 Å². The average molecular weight is 268 g/mol. The van der Waals surface area contributed by atoms with E-state index in [0.29, 0.717) is 6.04 Å². The van der Waals surface area contributed by atoms with Crippen LogP contribution in [0.25, 0.3) is 10.8 Å². The van der Waals surface area contributed by atoms with E-state index in [1.54, 1.807) is 0 Å². The molecular formula is C18H24N2. The van der Waals surface area contributed by atoms with Crippen molar-refractivity contribution in [3.8, 4) is 0 Å². The Morgan fingerprint density at radius 2 is 1.80 bits per heavy atom. The highest BCUT2D eigenvalue weighted by atomic mass is 15.2. The molecule has 2 N–H and O–H groups in total. The summed E-state index contributed by atoms with van der Waals surface area (Å²) in [5.74, 6) is 0.732. The van der Waals surface area contributed by atoms with Crippen LogP contribution in [-0.2, 0) is 0 Å². The molecule has 0 radical (unpaired) electrons. The van der Waals surface area contributed by atoms with Gasteiger partial charge in [-0.25, -0.2) is 0 Å². The van der Waals surface area contributed by atoms with Crippen molar-refractivity contribution in [2.75, 3.05) is 19.6 Å². The van der Waals surface area contributed by atoms with Gasteiger partial charge in [-0.05, 0) is 67.7 Å². The molecule has 1 heterocycles. The Morgan fingerprint density at radius 1 is 1.10 bits per heavy atom. The van der Waals surface area contributed by atoms with Gasteiger partial charge < -0.3 is 5.73 Å². The Morgan fingerprint density at radius 3 is 2.50 bits per heavy atom. The first-order valence-corrected chi connectivity index (χ1v) is 7.71. The van der Waals surface area contributed by atoms with Gasteiger partial charge in [0.2, 0.25) is 0 Å². The summed E-state index contributed by atoms with van der Waals surface area (Å²) in [6.07, 6.45) is 2.49. The summed E-state index contributed by atoms with van der Waals surface area (Å²) < 4.78 is 0. The predicted octanol–water partition coefficient (Wildman–Crippen LogP) is 3.57. The molecule has 0 spiro atoms. The molecule has 0 aliphatic carbocycles. The summed E-state index contributed by atoms with van der Waals surface area (Å²) in [4.78, 5) is 2.59. The van der Waals surface area contributed by atoms with E-state index in [0.717, 1.165) is 12.5 Å². The number of piperidine rings is 1. The summed E-state index contributed by atoms with van der Waals surface area (Å²) in [5, 5.41) is 2.67. The molecule has 20 heavy (non-hydrogen) atoms. The van der Waals surface area contributed by atoms with E-state index in [1.165, 1.54) is 42.3 Å². The average Bonchev–Trinajstić information content (AvgIpc) is 2.54. The smallest absolute Gasteiger partial charge is 0.0320 e. The lowest BCUT2D eigenvalue weighted by Gasteiger charge is -2.36. The Balaban J connectivity index is 1.77. The minimum absolute atomic E-state index is 0.498. The second-order valence-corrected chi connectivity index (χ2v) is 6.00. The van der Waals surface area contributed by atoms with Crippen LogP contribution in [0.3, 0.4) is 0 Å². The van der Waals surface area contributed by atoms with Crippen LogP contribution in [-0.4, -0.2) is 24.5 Å². The number of hydrogen-bond donors (Lipinski definition) is 1. The number of nitrogens with zero attached hydrogens (tertiary/aromatic N) is 1. The molecular weight excluding hydrogens is 244 g/mol. The minimum Gasteiger partial charge on any atom is -0.330 e. The number of benzene rings is 2. The Labute approximate surface area is 121 Å². The van der Waals surface area contributed by atoms with Crippen molar-refractivity contribution in [2.45, 2.75) is 25.8 Å². The van der Waals surface area contributed by atoms with Crippen LogP contribution in [0.2, 0.25) is 0 Å². The second kappa shape index (κ2) is 5.94. The highest BCUT2D eigenvalue weighted by Crippen LogP contribution is 2.28. The molecule has 0 saturated carbocycles. The Hall–Kier alpha value is -1.38. The zero-order valence-electron chi connectivity index (χ0n) is 12.3. The maximum absolute atomic E-state index is 5.78. The highest BCUT2D eigenvalue weighted by Gasteiger charge is 2.22. The van der Waals surface area contributed by atoms with Gasteiger partial charge in [0, 0.05) is 6.04 Å². The second-order valence-electron chi connectivity index (χ2n) is 6.00. The summed E-state index contributed by atoms with van der Waals surface area (Å²) >= 11 is 0. The van der Waals surface area contributed by atoms with Crippen LogP contribution < -0.4 is 5.73 Å². The van der Waals surface area contributed by atoms with Gasteiger partial charge in [0.15, 0.2) is 0 Å². The van der Waals surface area contributed by atoms with Gasteiger partial charge in [0.1, 0.15) is 0 Å². The van der Waals surface area contributed by atoms with Crippen LogP contribution in [0.1, 0.15) is 31.4 Å². The molecule has 2 heteroatoms. The van der Waals surface area contributed by atoms with Gasteiger partial charge in [0.25, 0.3) is 0 Å². The SMILES string of the molecule is CC(c1ccc2ccccc2c1)N1CCC(CN)CC1. The third-order valence-electron chi connectivity index (χ3n) is 4.79. The molecule has 1 fully saturated rings. The molecule has 0 aromatic heterocycles. The fourth-order valence-electron chi connectivity index (χ4n) is 3.25. The summed E-state index contributed by atoms with van der Waals surface area (Å²) in [6.45, 7) is 5.52. The molecule has 1 unspecified atom stereocenters. The highest BCUT2D eigenvalue weighted by molar-refractivity contribution is 5.83. The maximum Gasteiger partial charge on any atom is 0.0320 e. The molecule has 3 rings (SSSR count). The number of likely N-dealkylation sites (tertiary alicyclic amines) is 1. The van der Waals surface area contributed by atoms with Crippen LogP contribution in [0.4, 0.5) is 0 Å². The van der Waals surface area contributed by atoms with Crippen molar-refractivity contribution in [3.05, 3.63) is 48.0 Å². The van der Waals surface area contributed by atoms with Crippen molar-refractivity contribution < 1.29 is 0 Å². The van der Waals surface area contributed by atoms with Crippen LogP contribution in [0.15, 0.2) is 42.5 Å². The minimum atomic E-state index is 0.498. The molecule has 2 aromatic carbocycles. The molecule has 1 saturated heterocycles. The predicted molar refractivity (Wildman–Crippen MR) is 85.7 cm³/mol. The fraction of sp³-hybridized carbons (Fsp3) is 0.444. The zero-order valence-corrected chi connectivity index (χ0v) is 12.3. The quantitative estimate of drug-likeness (QED) is 0.922. The first-order chi connectivity index (χ1) is 9.78. The monoisotopic (exact) mass is 268 g/mol. The number of hydrogen-bond acceptors (Lipinski definition) is 2. The van der Waals surface area contributed by atoms with E-state index >= 15 is 0 Å². The van der Waals surface area contributed by atoms with E-state index in [4.69, 9.17) is 5.73 Å². The van der Waals surface area contributed by atoms with E-state index < -0.39 is 0 Å². The summed E-state index contributed by atoms with van der Waals surface area (Å²) in [6, 6.07) is 16.0. The Bertz CT molecular complexity index is 570. The van der Waals surface area contributed by atoms with Gasteiger partial charge >= 0.3 is 0 Å². The first-order valence-electron chi connectivity index (χ1n) is 7.71. The molecule has 1 atom stereocenters. The van der Waals surface area contributed by atoms with Crippen molar-refractivity contribution in [2.24, 2.45) is 11.7 Å². The molecule has 1 aliphatic heterocycles. The largest absolute Gasteiger partial charge is 0.330 e. The third-order valence-corrected chi connectivity index (χ3v) is 4.79. The van der Waals surface area contributed by atoms with Gasteiger partial charge in [-0.15, -0.1) is 0 Å². The molecule has 0 amide bonds. The lowest BCUT2D eigenvalue weighted by molar-refractivity contribution is 0.144. The topological polar surface area (TPSA) is 29.3 Å². The van der Waals surface area contributed by atoms with Crippen LogP contribution >= 0.6 is 0 Å². The Kier molecular flexibility index (Phi) is 4.04. The number of nitrogens with two attached hydrogens (primary N) is 1. The van der Waals surface area contributed by atoms with Gasteiger partial charge in [-0.3, -0.25) is 4.90 Å². The van der Waals surface area contributed by atoms with Crippen LogP contribution in [0.5, 0.6) is 0 Å². The van der Waals surface area contributed by atoms with Gasteiger partial charge in [0.05, 0.1) is 0 Å². The number of fused-ring (bicyclic) bond motifs is 1. The first kappa shape index (κ1) is 13.6. The van der Waals surface area contributed by atoms with E-state index in [2.05, 4.69) is 54.3 Å². The number of rotatable bonds is 3. The van der Waals surface area contributed by atoms with Gasteiger partial charge in [-0.1, -0.05) is 36.4 Å². The fourth-order valence-corrected chi connectivity index (χ4v) is 3.25.